The summed E-state index contributed by atoms with van der Waals surface area (Å²) in [6.45, 7) is 0. The Morgan fingerprint density at radius 1 is 0.960 bits per heavy atom. The first-order valence-corrected chi connectivity index (χ1v) is 8.65. The standard InChI is InChI=1S/C17H13F3N2O2S/c18-17(19,20)16-21-15(22-24-16)10-12-6-8-13(9-7-12)11-25(23)14-4-2-1-3-5-14/h1-9H,10-11H2. The number of hydrogen-bond acceptors (Lipinski definition) is 4. The molecule has 0 spiro atoms. The molecule has 0 aliphatic heterocycles. The number of halogens is 3. The van der Waals surface area contributed by atoms with Crippen LogP contribution in [-0.2, 0) is 29.1 Å². The summed E-state index contributed by atoms with van der Waals surface area (Å²) in [5.41, 5.74) is 1.61. The van der Waals surface area contributed by atoms with E-state index in [1.54, 1.807) is 36.4 Å². The highest BCUT2D eigenvalue weighted by molar-refractivity contribution is 7.84. The van der Waals surface area contributed by atoms with E-state index >= 15 is 0 Å². The first kappa shape index (κ1) is 17.3. The number of hydrogen-bond donors (Lipinski definition) is 0. The molecule has 1 aromatic heterocycles. The van der Waals surface area contributed by atoms with Crippen molar-refractivity contribution in [3.05, 3.63) is 77.4 Å². The fourth-order valence-corrected chi connectivity index (χ4v) is 3.31. The molecule has 0 N–H and O–H groups in total. The maximum atomic E-state index is 12.4. The Balaban J connectivity index is 1.64. The highest BCUT2D eigenvalue weighted by Gasteiger charge is 2.38. The Morgan fingerprint density at radius 2 is 1.60 bits per heavy atom. The van der Waals surface area contributed by atoms with Crippen molar-refractivity contribution in [2.45, 2.75) is 23.2 Å². The van der Waals surface area contributed by atoms with E-state index in [9.17, 15) is 17.4 Å². The molecule has 8 heteroatoms. The van der Waals surface area contributed by atoms with Gasteiger partial charge in [-0.05, 0) is 23.3 Å². The zero-order valence-corrected chi connectivity index (χ0v) is 13.7. The Labute approximate surface area is 144 Å². The maximum Gasteiger partial charge on any atom is 0.471 e. The van der Waals surface area contributed by atoms with Crippen LogP contribution in [0.4, 0.5) is 13.2 Å². The molecule has 0 aliphatic rings. The molecule has 3 rings (SSSR count). The predicted octanol–water partition coefficient (Wildman–Crippen LogP) is 3.99. The van der Waals surface area contributed by atoms with E-state index in [0.29, 0.717) is 5.75 Å². The number of rotatable bonds is 5. The summed E-state index contributed by atoms with van der Waals surface area (Å²) in [5, 5.41) is 3.33. The lowest BCUT2D eigenvalue weighted by atomic mass is 10.1. The van der Waals surface area contributed by atoms with Gasteiger partial charge in [0.1, 0.15) is 0 Å². The normalized spacial score (nSPS) is 12.9. The number of benzene rings is 2. The maximum absolute atomic E-state index is 12.4. The minimum Gasteiger partial charge on any atom is -0.329 e. The van der Waals surface area contributed by atoms with E-state index < -0.39 is 22.9 Å². The third kappa shape index (κ3) is 4.54. The second-order valence-corrected chi connectivity index (χ2v) is 6.76. The van der Waals surface area contributed by atoms with Crippen LogP contribution in [0, 0.1) is 0 Å². The molecule has 25 heavy (non-hydrogen) atoms. The topological polar surface area (TPSA) is 56.0 Å². The molecule has 1 atom stereocenters. The van der Waals surface area contributed by atoms with E-state index in [-0.39, 0.29) is 12.2 Å². The van der Waals surface area contributed by atoms with Crippen LogP contribution in [-0.4, -0.2) is 14.3 Å². The summed E-state index contributed by atoms with van der Waals surface area (Å²) < 4.78 is 53.7. The Kier molecular flexibility index (Phi) is 4.98. The summed E-state index contributed by atoms with van der Waals surface area (Å²) in [6.07, 6.45) is -4.52. The summed E-state index contributed by atoms with van der Waals surface area (Å²) in [5.74, 6) is -1.02. The van der Waals surface area contributed by atoms with Crippen molar-refractivity contribution < 1.29 is 21.9 Å². The van der Waals surface area contributed by atoms with Gasteiger partial charge in [-0.1, -0.05) is 47.6 Å². The minimum absolute atomic E-state index is 0.0343. The lowest BCUT2D eigenvalue weighted by molar-refractivity contribution is -0.159. The first-order chi connectivity index (χ1) is 11.9. The lowest BCUT2D eigenvalue weighted by Gasteiger charge is -2.04. The van der Waals surface area contributed by atoms with Crippen molar-refractivity contribution >= 4 is 10.8 Å². The van der Waals surface area contributed by atoms with Gasteiger partial charge in [-0.15, -0.1) is 0 Å². The molecule has 0 fully saturated rings. The van der Waals surface area contributed by atoms with Gasteiger partial charge in [0, 0.05) is 11.3 Å². The third-order valence-electron chi connectivity index (χ3n) is 3.40. The van der Waals surface area contributed by atoms with Crippen molar-refractivity contribution in [2.75, 3.05) is 0 Å². The molecule has 3 aromatic rings. The van der Waals surface area contributed by atoms with E-state index in [1.807, 2.05) is 18.2 Å². The summed E-state index contributed by atoms with van der Waals surface area (Å²) in [4.78, 5) is 4.08. The molecule has 1 heterocycles. The molecule has 4 nitrogen and oxygen atoms in total. The van der Waals surface area contributed by atoms with Gasteiger partial charge in [0.05, 0.1) is 16.6 Å². The summed E-state index contributed by atoms with van der Waals surface area (Å²) in [7, 11) is -1.15. The Morgan fingerprint density at radius 3 is 2.20 bits per heavy atom. The average molecular weight is 366 g/mol. The fraction of sp³-hybridized carbons (Fsp3) is 0.176. The van der Waals surface area contributed by atoms with Crippen LogP contribution in [0.2, 0.25) is 0 Å². The fourth-order valence-electron chi connectivity index (χ4n) is 2.18. The Hall–Kier alpha value is -2.48. The predicted molar refractivity (Wildman–Crippen MR) is 85.1 cm³/mol. The monoisotopic (exact) mass is 366 g/mol. The van der Waals surface area contributed by atoms with E-state index in [4.69, 9.17) is 0 Å². The van der Waals surface area contributed by atoms with Gasteiger partial charge >= 0.3 is 12.1 Å². The van der Waals surface area contributed by atoms with Crippen LogP contribution in [0.3, 0.4) is 0 Å². The molecule has 0 amide bonds. The van der Waals surface area contributed by atoms with E-state index in [1.165, 1.54) is 0 Å². The van der Waals surface area contributed by atoms with E-state index in [2.05, 4.69) is 14.7 Å². The lowest BCUT2D eigenvalue weighted by Crippen LogP contribution is -2.05. The summed E-state index contributed by atoms with van der Waals surface area (Å²) in [6, 6.07) is 16.2. The second-order valence-electron chi connectivity index (χ2n) is 5.31. The van der Waals surface area contributed by atoms with Gasteiger partial charge in [-0.3, -0.25) is 4.21 Å². The van der Waals surface area contributed by atoms with Crippen LogP contribution in [0.15, 0.2) is 64.0 Å². The van der Waals surface area contributed by atoms with Crippen LogP contribution >= 0.6 is 0 Å². The van der Waals surface area contributed by atoms with Gasteiger partial charge in [0.25, 0.3) is 0 Å². The molecule has 130 valence electrons. The molecule has 2 aromatic carbocycles. The highest BCUT2D eigenvalue weighted by atomic mass is 32.2. The average Bonchev–Trinajstić information content (AvgIpc) is 3.06. The van der Waals surface area contributed by atoms with Crippen molar-refractivity contribution in [1.82, 2.24) is 10.1 Å². The zero-order chi connectivity index (χ0) is 17.9. The smallest absolute Gasteiger partial charge is 0.329 e. The molecule has 0 radical (unpaired) electrons. The third-order valence-corrected chi connectivity index (χ3v) is 4.79. The van der Waals surface area contributed by atoms with Crippen molar-refractivity contribution in [3.8, 4) is 0 Å². The molecule has 1 unspecified atom stereocenters. The van der Waals surface area contributed by atoms with Gasteiger partial charge in [0.15, 0.2) is 5.82 Å². The number of aromatic nitrogens is 2. The van der Waals surface area contributed by atoms with Crippen molar-refractivity contribution in [1.29, 1.82) is 0 Å². The number of alkyl halides is 3. The van der Waals surface area contributed by atoms with Crippen molar-refractivity contribution in [2.24, 2.45) is 0 Å². The SMILES string of the molecule is O=S(Cc1ccc(Cc2noc(C(F)(F)F)n2)cc1)c1ccccc1. The van der Waals surface area contributed by atoms with Gasteiger partial charge in [-0.2, -0.15) is 18.2 Å². The highest BCUT2D eigenvalue weighted by Crippen LogP contribution is 2.27. The van der Waals surface area contributed by atoms with E-state index in [0.717, 1.165) is 16.0 Å². The minimum atomic E-state index is -4.64. The molecule has 0 saturated heterocycles. The van der Waals surface area contributed by atoms with Gasteiger partial charge in [0.2, 0.25) is 0 Å². The number of nitrogens with zero attached hydrogens (tertiary/aromatic N) is 2. The van der Waals surface area contributed by atoms with Crippen LogP contribution in [0.25, 0.3) is 0 Å². The largest absolute Gasteiger partial charge is 0.471 e. The Bertz CT molecular complexity index is 862. The molecule has 0 aliphatic carbocycles. The molecular weight excluding hydrogens is 353 g/mol. The zero-order valence-electron chi connectivity index (χ0n) is 12.9. The second kappa shape index (κ2) is 7.18. The quantitative estimate of drug-likeness (QED) is 0.685. The van der Waals surface area contributed by atoms with Crippen LogP contribution < -0.4 is 0 Å². The molecule has 0 bridgehead atoms. The van der Waals surface area contributed by atoms with Gasteiger partial charge < -0.3 is 4.52 Å². The summed E-state index contributed by atoms with van der Waals surface area (Å²) >= 11 is 0. The molecule has 0 saturated carbocycles. The first-order valence-electron chi connectivity index (χ1n) is 7.33. The van der Waals surface area contributed by atoms with Crippen LogP contribution in [0.1, 0.15) is 22.8 Å². The molecular formula is C17H13F3N2O2S. The van der Waals surface area contributed by atoms with Crippen LogP contribution in [0.5, 0.6) is 0 Å². The van der Waals surface area contributed by atoms with Gasteiger partial charge in [-0.25, -0.2) is 0 Å². The van der Waals surface area contributed by atoms with Crippen molar-refractivity contribution in [3.63, 3.8) is 0 Å².